The van der Waals surface area contributed by atoms with Gasteiger partial charge in [-0.15, -0.1) is 6.58 Å². The summed E-state index contributed by atoms with van der Waals surface area (Å²) in [6.07, 6.45) is 7.95. The molecule has 98 valence electrons. The smallest absolute Gasteiger partial charge is 0.236 e. The summed E-state index contributed by atoms with van der Waals surface area (Å²) in [5.41, 5.74) is 0. The van der Waals surface area contributed by atoms with Gasteiger partial charge in [0.1, 0.15) is 0 Å². The maximum absolute atomic E-state index is 11.9. The Kier molecular flexibility index (Phi) is 6.27. The van der Waals surface area contributed by atoms with Gasteiger partial charge in [0, 0.05) is 19.6 Å². The van der Waals surface area contributed by atoms with Crippen LogP contribution in [-0.4, -0.2) is 37.0 Å². The fourth-order valence-electron chi connectivity index (χ4n) is 2.55. The standard InChI is InChI=1S/C14H26N2O/c1-4-10-15-11-14(17)16(3)13-8-6-12(5-2)7-9-13/h4,12-13,15H,1,5-11H2,2-3H3. The Morgan fingerprint density at radius 1 is 1.41 bits per heavy atom. The number of carbonyl (C=O) groups excluding carboxylic acids is 1. The summed E-state index contributed by atoms with van der Waals surface area (Å²) in [4.78, 5) is 13.8. The SMILES string of the molecule is C=CCNCC(=O)N(C)C1CCC(CC)CC1. The van der Waals surface area contributed by atoms with Gasteiger partial charge in [-0.1, -0.05) is 19.4 Å². The molecule has 0 radical (unpaired) electrons. The molecule has 0 atom stereocenters. The molecule has 1 aliphatic rings. The summed E-state index contributed by atoms with van der Waals surface area (Å²) in [5, 5.41) is 3.07. The average Bonchev–Trinajstić information content (AvgIpc) is 2.38. The first-order valence-electron chi connectivity index (χ1n) is 6.76. The Labute approximate surface area is 105 Å². The van der Waals surface area contributed by atoms with Crippen molar-refractivity contribution in [2.45, 2.75) is 45.1 Å². The molecular weight excluding hydrogens is 212 g/mol. The second kappa shape index (κ2) is 7.49. The second-order valence-electron chi connectivity index (χ2n) is 5.01. The lowest BCUT2D eigenvalue weighted by atomic mass is 9.84. The molecule has 3 nitrogen and oxygen atoms in total. The van der Waals surface area contributed by atoms with Crippen molar-refractivity contribution in [3.05, 3.63) is 12.7 Å². The number of nitrogens with zero attached hydrogens (tertiary/aromatic N) is 1. The first-order valence-corrected chi connectivity index (χ1v) is 6.76. The van der Waals surface area contributed by atoms with Crippen LogP contribution >= 0.6 is 0 Å². The van der Waals surface area contributed by atoms with Crippen molar-refractivity contribution in [3.63, 3.8) is 0 Å². The number of rotatable bonds is 6. The van der Waals surface area contributed by atoms with Crippen molar-refractivity contribution >= 4 is 5.91 Å². The van der Waals surface area contributed by atoms with Crippen molar-refractivity contribution < 1.29 is 4.79 Å². The topological polar surface area (TPSA) is 32.3 Å². The van der Waals surface area contributed by atoms with Crippen LogP contribution in [0.5, 0.6) is 0 Å². The van der Waals surface area contributed by atoms with E-state index in [-0.39, 0.29) is 5.91 Å². The molecule has 3 heteroatoms. The van der Waals surface area contributed by atoms with Gasteiger partial charge >= 0.3 is 0 Å². The molecule has 0 spiro atoms. The molecule has 0 heterocycles. The van der Waals surface area contributed by atoms with E-state index in [1.54, 1.807) is 6.08 Å². The maximum atomic E-state index is 11.9. The van der Waals surface area contributed by atoms with Gasteiger partial charge in [-0.3, -0.25) is 4.79 Å². The number of hydrogen-bond donors (Lipinski definition) is 1. The predicted octanol–water partition coefficient (Wildman–Crippen LogP) is 2.19. The quantitative estimate of drug-likeness (QED) is 0.568. The zero-order valence-corrected chi connectivity index (χ0v) is 11.2. The lowest BCUT2D eigenvalue weighted by Gasteiger charge is -2.34. The van der Waals surface area contributed by atoms with Crippen LogP contribution in [0.15, 0.2) is 12.7 Å². The first-order chi connectivity index (χ1) is 8.19. The largest absolute Gasteiger partial charge is 0.342 e. The van der Waals surface area contributed by atoms with Crippen LogP contribution < -0.4 is 5.32 Å². The highest BCUT2D eigenvalue weighted by Gasteiger charge is 2.25. The lowest BCUT2D eigenvalue weighted by Crippen LogP contribution is -2.43. The van der Waals surface area contributed by atoms with Gasteiger partial charge in [-0.05, 0) is 31.6 Å². The van der Waals surface area contributed by atoms with E-state index >= 15 is 0 Å². The lowest BCUT2D eigenvalue weighted by molar-refractivity contribution is -0.131. The van der Waals surface area contributed by atoms with Crippen LogP contribution in [0.3, 0.4) is 0 Å². The van der Waals surface area contributed by atoms with E-state index in [9.17, 15) is 4.79 Å². The zero-order chi connectivity index (χ0) is 12.7. The van der Waals surface area contributed by atoms with Crippen LogP contribution in [0, 0.1) is 5.92 Å². The number of hydrogen-bond acceptors (Lipinski definition) is 2. The fraction of sp³-hybridized carbons (Fsp3) is 0.786. The number of nitrogens with one attached hydrogen (secondary N) is 1. The third kappa shape index (κ3) is 4.50. The number of carbonyl (C=O) groups is 1. The first kappa shape index (κ1) is 14.2. The third-order valence-electron chi connectivity index (χ3n) is 3.90. The van der Waals surface area contributed by atoms with E-state index in [4.69, 9.17) is 0 Å². The molecule has 1 fully saturated rings. The van der Waals surface area contributed by atoms with E-state index in [1.165, 1.54) is 32.1 Å². The van der Waals surface area contributed by atoms with Gasteiger partial charge < -0.3 is 10.2 Å². The van der Waals surface area contributed by atoms with Gasteiger partial charge in [0.25, 0.3) is 0 Å². The highest BCUT2D eigenvalue weighted by Crippen LogP contribution is 2.28. The Balaban J connectivity index is 2.29. The summed E-state index contributed by atoms with van der Waals surface area (Å²) in [5.74, 6) is 1.08. The number of amides is 1. The van der Waals surface area contributed by atoms with Crippen molar-refractivity contribution in [2.24, 2.45) is 5.92 Å². The van der Waals surface area contributed by atoms with E-state index in [0.29, 0.717) is 19.1 Å². The van der Waals surface area contributed by atoms with Crippen molar-refractivity contribution in [3.8, 4) is 0 Å². The van der Waals surface area contributed by atoms with Crippen LogP contribution in [0.1, 0.15) is 39.0 Å². The molecular formula is C14H26N2O. The van der Waals surface area contributed by atoms with Crippen LogP contribution in [0.4, 0.5) is 0 Å². The predicted molar refractivity (Wildman–Crippen MR) is 71.9 cm³/mol. The Hall–Kier alpha value is -0.830. The molecule has 0 aromatic heterocycles. The van der Waals surface area contributed by atoms with Gasteiger partial charge in [0.05, 0.1) is 6.54 Å². The second-order valence-corrected chi connectivity index (χ2v) is 5.01. The molecule has 1 rings (SSSR count). The van der Waals surface area contributed by atoms with Crippen molar-refractivity contribution in [1.29, 1.82) is 0 Å². The Morgan fingerprint density at radius 3 is 2.59 bits per heavy atom. The monoisotopic (exact) mass is 238 g/mol. The molecule has 1 N–H and O–H groups in total. The molecule has 0 bridgehead atoms. The summed E-state index contributed by atoms with van der Waals surface area (Å²) in [7, 11) is 1.94. The average molecular weight is 238 g/mol. The molecule has 0 aliphatic heterocycles. The third-order valence-corrected chi connectivity index (χ3v) is 3.90. The Bertz CT molecular complexity index is 245. The minimum Gasteiger partial charge on any atom is -0.342 e. The normalized spacial score (nSPS) is 24.4. The van der Waals surface area contributed by atoms with E-state index in [0.717, 1.165) is 5.92 Å². The Morgan fingerprint density at radius 2 is 2.06 bits per heavy atom. The van der Waals surface area contributed by atoms with E-state index in [1.807, 2.05) is 11.9 Å². The summed E-state index contributed by atoms with van der Waals surface area (Å²) in [6, 6.07) is 0.454. The van der Waals surface area contributed by atoms with Crippen LogP contribution in [0.25, 0.3) is 0 Å². The van der Waals surface area contributed by atoms with Crippen LogP contribution in [0.2, 0.25) is 0 Å². The molecule has 0 saturated heterocycles. The molecule has 0 aromatic rings. The van der Waals surface area contributed by atoms with Crippen molar-refractivity contribution in [2.75, 3.05) is 20.1 Å². The van der Waals surface area contributed by atoms with E-state index < -0.39 is 0 Å². The minimum absolute atomic E-state index is 0.201. The molecule has 17 heavy (non-hydrogen) atoms. The summed E-state index contributed by atoms with van der Waals surface area (Å²) < 4.78 is 0. The molecule has 0 aromatic carbocycles. The van der Waals surface area contributed by atoms with Crippen LogP contribution in [-0.2, 0) is 4.79 Å². The van der Waals surface area contributed by atoms with Crippen molar-refractivity contribution in [1.82, 2.24) is 10.2 Å². The molecule has 1 amide bonds. The van der Waals surface area contributed by atoms with Gasteiger partial charge in [0.2, 0.25) is 5.91 Å². The van der Waals surface area contributed by atoms with Gasteiger partial charge in [-0.25, -0.2) is 0 Å². The molecule has 0 unspecified atom stereocenters. The highest BCUT2D eigenvalue weighted by molar-refractivity contribution is 5.78. The van der Waals surface area contributed by atoms with Gasteiger partial charge in [0.15, 0.2) is 0 Å². The fourth-order valence-corrected chi connectivity index (χ4v) is 2.55. The van der Waals surface area contributed by atoms with Gasteiger partial charge in [-0.2, -0.15) is 0 Å². The summed E-state index contributed by atoms with van der Waals surface area (Å²) >= 11 is 0. The minimum atomic E-state index is 0.201. The summed E-state index contributed by atoms with van der Waals surface area (Å²) in [6.45, 7) is 7.01. The van der Waals surface area contributed by atoms with E-state index in [2.05, 4.69) is 18.8 Å². The number of likely N-dealkylation sites (N-methyl/N-ethyl adjacent to an activating group) is 1. The molecule has 1 saturated carbocycles. The molecule has 1 aliphatic carbocycles. The maximum Gasteiger partial charge on any atom is 0.236 e. The zero-order valence-electron chi connectivity index (χ0n) is 11.2. The highest BCUT2D eigenvalue weighted by atomic mass is 16.2.